The summed E-state index contributed by atoms with van der Waals surface area (Å²) in [5, 5.41) is 3.81. The lowest BCUT2D eigenvalue weighted by atomic mass is 9.69. The third-order valence-electron chi connectivity index (χ3n) is 15.4. The fourth-order valence-electron chi connectivity index (χ4n) is 11.0. The molecule has 10 nitrogen and oxygen atoms in total. The van der Waals surface area contributed by atoms with Crippen molar-refractivity contribution in [1.82, 2.24) is 15.1 Å². The van der Waals surface area contributed by atoms with Gasteiger partial charge in [-0.3, -0.25) is 19.9 Å². The number of ether oxygens (including phenoxy) is 2. The van der Waals surface area contributed by atoms with Crippen LogP contribution in [0, 0.1) is 22.7 Å². The average Bonchev–Trinajstić information content (AvgIpc) is 3.73. The molecule has 2 spiro atoms. The lowest BCUT2D eigenvalue weighted by Crippen LogP contribution is -2.55. The van der Waals surface area contributed by atoms with Crippen molar-refractivity contribution in [3.05, 3.63) is 143 Å². The Morgan fingerprint density at radius 3 is 1.49 bits per heavy atom. The van der Waals surface area contributed by atoms with Crippen molar-refractivity contribution in [2.24, 2.45) is 27.7 Å². The van der Waals surface area contributed by atoms with Crippen LogP contribution in [0.2, 0.25) is 0 Å². The second-order valence-corrected chi connectivity index (χ2v) is 21.8. The molecule has 8 rings (SSSR count). The fourth-order valence-corrected chi connectivity index (χ4v) is 11.0. The summed E-state index contributed by atoms with van der Waals surface area (Å²) in [7, 11) is 2.77. The van der Waals surface area contributed by atoms with E-state index < -0.39 is 5.66 Å². The molecule has 4 aliphatic rings. The molecule has 2 amide bonds. The van der Waals surface area contributed by atoms with Crippen molar-refractivity contribution in [3.8, 4) is 0 Å². The second kappa shape index (κ2) is 21.4. The Bertz CT molecular complexity index is 2310. The molecule has 2 heterocycles. The first-order chi connectivity index (χ1) is 32.4. The van der Waals surface area contributed by atoms with Gasteiger partial charge >= 0.3 is 11.9 Å². The maximum Gasteiger partial charge on any atom is 0.337 e. The van der Waals surface area contributed by atoms with Crippen LogP contribution in [-0.2, 0) is 45.0 Å². The molecule has 0 bridgehead atoms. The van der Waals surface area contributed by atoms with Gasteiger partial charge in [-0.15, -0.1) is 0 Å². The monoisotopic (exact) mass is 923 g/mol. The SMILES string of the molecule is COC(=O)c1ccc(CN2C(=O)C(CCc3ccccc3)=NC23CCC(C(C)(C)C)CC3)cc1.COC(=O)c1ccc(CN2C(=O)[C@H](CCc3ccccc3)NC23CCC(C(C)(C)C)CC3)cc1. The number of methoxy groups -OCH3 is 2. The van der Waals surface area contributed by atoms with Crippen LogP contribution in [0.1, 0.15) is 149 Å². The van der Waals surface area contributed by atoms with Crippen molar-refractivity contribution in [2.45, 2.75) is 149 Å². The third-order valence-corrected chi connectivity index (χ3v) is 15.4. The van der Waals surface area contributed by atoms with Gasteiger partial charge in [0.25, 0.3) is 5.91 Å². The molecule has 0 aromatic heterocycles. The normalized spacial score (nSPS) is 23.9. The first-order valence-electron chi connectivity index (χ1n) is 24.9. The van der Waals surface area contributed by atoms with Crippen LogP contribution in [0.4, 0.5) is 0 Å². The molecule has 3 fully saturated rings. The van der Waals surface area contributed by atoms with Crippen LogP contribution in [0.25, 0.3) is 0 Å². The van der Waals surface area contributed by atoms with Gasteiger partial charge in [0, 0.05) is 13.1 Å². The van der Waals surface area contributed by atoms with Crippen LogP contribution in [0.15, 0.2) is 114 Å². The van der Waals surface area contributed by atoms with Crippen molar-refractivity contribution in [2.75, 3.05) is 14.2 Å². The molecule has 1 atom stereocenters. The van der Waals surface area contributed by atoms with Crippen molar-refractivity contribution < 1.29 is 28.7 Å². The molecule has 1 saturated heterocycles. The summed E-state index contributed by atoms with van der Waals surface area (Å²) in [6.45, 7) is 15.0. The van der Waals surface area contributed by atoms with E-state index in [0.717, 1.165) is 81.8 Å². The average molecular weight is 923 g/mol. The van der Waals surface area contributed by atoms with E-state index in [1.807, 2.05) is 53.4 Å². The molecule has 4 aromatic rings. The summed E-state index contributed by atoms with van der Waals surface area (Å²) in [6, 6.07) is 35.3. The number of nitrogens with one attached hydrogen (secondary N) is 1. The molecular formula is C58H74N4O6. The van der Waals surface area contributed by atoms with E-state index in [9.17, 15) is 19.2 Å². The van der Waals surface area contributed by atoms with E-state index in [1.54, 1.807) is 24.3 Å². The molecular weight excluding hydrogens is 849 g/mol. The molecule has 2 saturated carbocycles. The van der Waals surface area contributed by atoms with Crippen LogP contribution < -0.4 is 5.32 Å². The Balaban J connectivity index is 0.000000201. The van der Waals surface area contributed by atoms with E-state index in [1.165, 1.54) is 25.3 Å². The van der Waals surface area contributed by atoms with Gasteiger partial charge in [0.15, 0.2) is 0 Å². The van der Waals surface area contributed by atoms with Gasteiger partial charge in [-0.2, -0.15) is 0 Å². The largest absolute Gasteiger partial charge is 0.465 e. The number of carbonyl (C=O) groups excluding carboxylic acids is 4. The minimum absolute atomic E-state index is 0.0576. The Hall–Kier alpha value is -5.61. The number of esters is 2. The maximum absolute atomic E-state index is 13.7. The van der Waals surface area contributed by atoms with E-state index in [2.05, 4.69) is 88.2 Å². The predicted molar refractivity (Wildman–Crippen MR) is 269 cm³/mol. The number of amides is 2. The number of aliphatic imine (C=N–C) groups is 1. The van der Waals surface area contributed by atoms with Gasteiger partial charge in [-0.05, 0) is 146 Å². The number of aryl methyl sites for hydroxylation is 2. The lowest BCUT2D eigenvalue weighted by molar-refractivity contribution is -0.134. The number of benzene rings is 4. The molecule has 2 aliphatic carbocycles. The molecule has 4 aromatic carbocycles. The van der Waals surface area contributed by atoms with Crippen LogP contribution >= 0.6 is 0 Å². The Kier molecular flexibility index (Phi) is 15.8. The van der Waals surface area contributed by atoms with Crippen LogP contribution in [0.5, 0.6) is 0 Å². The van der Waals surface area contributed by atoms with E-state index >= 15 is 0 Å². The lowest BCUT2D eigenvalue weighted by Gasteiger charge is -2.46. The highest BCUT2D eigenvalue weighted by Crippen LogP contribution is 2.48. The van der Waals surface area contributed by atoms with Crippen LogP contribution in [0.3, 0.4) is 0 Å². The van der Waals surface area contributed by atoms with Gasteiger partial charge in [-0.25, -0.2) is 9.59 Å². The van der Waals surface area contributed by atoms with Gasteiger partial charge in [0.1, 0.15) is 11.4 Å². The molecule has 0 radical (unpaired) electrons. The predicted octanol–water partition coefficient (Wildman–Crippen LogP) is 11.2. The molecule has 1 N–H and O–H groups in total. The van der Waals surface area contributed by atoms with Crippen LogP contribution in [-0.4, -0.2) is 70.9 Å². The number of nitrogens with zero attached hydrogens (tertiary/aromatic N) is 3. The number of hydrogen-bond donors (Lipinski definition) is 1. The molecule has 10 heteroatoms. The number of rotatable bonds is 12. The summed E-state index contributed by atoms with van der Waals surface area (Å²) in [5.41, 5.74) is 6.06. The van der Waals surface area contributed by atoms with Crippen molar-refractivity contribution in [3.63, 3.8) is 0 Å². The Morgan fingerprint density at radius 1 is 0.588 bits per heavy atom. The van der Waals surface area contributed by atoms with Gasteiger partial charge < -0.3 is 19.3 Å². The second-order valence-electron chi connectivity index (χ2n) is 21.8. The zero-order valence-electron chi connectivity index (χ0n) is 41.8. The van der Waals surface area contributed by atoms with Gasteiger partial charge in [0.05, 0.1) is 37.1 Å². The molecule has 68 heavy (non-hydrogen) atoms. The number of carbonyl (C=O) groups is 4. The summed E-state index contributed by atoms with van der Waals surface area (Å²) < 4.78 is 9.63. The summed E-state index contributed by atoms with van der Waals surface area (Å²) in [4.78, 5) is 60.2. The highest BCUT2D eigenvalue weighted by molar-refractivity contribution is 6.40. The first kappa shape index (κ1) is 50.3. The quantitative estimate of drug-likeness (QED) is 0.141. The smallest absolute Gasteiger partial charge is 0.337 e. The summed E-state index contributed by atoms with van der Waals surface area (Å²) in [6.07, 6.45) is 11.3. The topological polar surface area (TPSA) is 118 Å². The zero-order valence-corrected chi connectivity index (χ0v) is 41.8. The number of hydrogen-bond acceptors (Lipinski definition) is 8. The van der Waals surface area contributed by atoms with E-state index in [4.69, 9.17) is 14.5 Å². The Morgan fingerprint density at radius 2 is 1.03 bits per heavy atom. The molecule has 2 aliphatic heterocycles. The first-order valence-corrected chi connectivity index (χ1v) is 24.9. The standard InChI is InChI=1S/C29H38N2O3.C29H36N2O3/c2*1-28(2,3)24-16-18-29(19-17-24)30-25(15-12-21-8-6-5-7-9-21)26(32)31(29)20-22-10-13-23(14-11-22)27(33)34-4/h5-11,13-14,24-25,30H,12,15-20H2,1-4H3;5-11,13-14,24H,12,15-20H2,1-4H3/t24?,25-,29?;/m0./s1. The third kappa shape index (κ3) is 11.8. The molecule has 0 unspecified atom stereocenters. The van der Waals surface area contributed by atoms with Crippen molar-refractivity contribution in [1.29, 1.82) is 0 Å². The van der Waals surface area contributed by atoms with Gasteiger partial charge in [-0.1, -0.05) is 126 Å². The summed E-state index contributed by atoms with van der Waals surface area (Å²) in [5.74, 6) is 0.859. The molecule has 362 valence electrons. The maximum atomic E-state index is 13.7. The fraction of sp³-hybridized carbons (Fsp3) is 0.500. The highest BCUT2D eigenvalue weighted by atomic mass is 16.5. The minimum Gasteiger partial charge on any atom is -0.465 e. The minimum atomic E-state index is -0.453. The van der Waals surface area contributed by atoms with Crippen molar-refractivity contribution >= 4 is 29.5 Å². The zero-order chi connectivity index (χ0) is 48.7. The Labute approximate surface area is 405 Å². The van der Waals surface area contributed by atoms with E-state index in [-0.39, 0.29) is 46.3 Å². The summed E-state index contributed by atoms with van der Waals surface area (Å²) >= 11 is 0. The van der Waals surface area contributed by atoms with E-state index in [0.29, 0.717) is 48.2 Å². The van der Waals surface area contributed by atoms with Gasteiger partial charge in [0.2, 0.25) is 5.91 Å². The highest BCUT2D eigenvalue weighted by Gasteiger charge is 2.52.